The molecule has 1 aromatic carbocycles. The van der Waals surface area contributed by atoms with Gasteiger partial charge in [-0.2, -0.15) is 0 Å². The van der Waals surface area contributed by atoms with Crippen LogP contribution in [0.4, 0.5) is 0 Å². The fourth-order valence-electron chi connectivity index (χ4n) is 2.31. The van der Waals surface area contributed by atoms with E-state index >= 15 is 0 Å². The Morgan fingerprint density at radius 3 is 2.46 bits per heavy atom. The van der Waals surface area contributed by atoms with E-state index in [-0.39, 0.29) is 28.9 Å². The van der Waals surface area contributed by atoms with Crippen molar-refractivity contribution in [3.8, 4) is 0 Å². The average Bonchev–Trinajstić information content (AvgIpc) is 3.40. The lowest BCUT2D eigenvalue weighted by Crippen LogP contribution is -2.39. The van der Waals surface area contributed by atoms with Crippen LogP contribution < -0.4 is 15.8 Å². The van der Waals surface area contributed by atoms with Gasteiger partial charge in [-0.3, -0.25) is 4.99 Å². The van der Waals surface area contributed by atoms with E-state index in [9.17, 15) is 8.42 Å². The normalized spacial score (nSPS) is 14.6. The first-order valence-electron chi connectivity index (χ1n) is 8.63. The third-order valence-corrected chi connectivity index (χ3v) is 4.92. The second-order valence-electron chi connectivity index (χ2n) is 6.24. The number of hydrogen-bond donors (Lipinski definition) is 3. The van der Waals surface area contributed by atoms with Crippen molar-refractivity contribution in [1.82, 2.24) is 10.6 Å². The van der Waals surface area contributed by atoms with E-state index < -0.39 is 10.0 Å². The van der Waals surface area contributed by atoms with Gasteiger partial charge in [0.2, 0.25) is 10.0 Å². The molecule has 1 aliphatic rings. The van der Waals surface area contributed by atoms with Gasteiger partial charge >= 0.3 is 0 Å². The second-order valence-corrected chi connectivity index (χ2v) is 7.80. The van der Waals surface area contributed by atoms with E-state index in [0.29, 0.717) is 6.54 Å². The Morgan fingerprint density at radius 1 is 1.23 bits per heavy atom. The minimum atomic E-state index is -3.63. The zero-order valence-corrected chi connectivity index (χ0v) is 18.3. The van der Waals surface area contributed by atoms with Crippen LogP contribution in [0, 0.1) is 5.92 Å². The lowest BCUT2D eigenvalue weighted by molar-refractivity contribution is 0.123. The number of ether oxygens (including phenoxy) is 1. The van der Waals surface area contributed by atoms with E-state index in [2.05, 4.69) is 15.6 Å². The van der Waals surface area contributed by atoms with E-state index in [1.165, 1.54) is 25.0 Å². The first-order valence-corrected chi connectivity index (χ1v) is 10.2. The standard InChI is InChI=1S/C17H28N4O3S.HI/c1-19-17(20-10-2-12-24-13-15-3-4-15)21-11-9-14-5-7-16(8-6-14)25(18,22)23;/h5-8,15H,2-4,9-13H2,1H3,(H2,18,22,23)(H2,19,20,21);1H. The van der Waals surface area contributed by atoms with Crippen molar-refractivity contribution >= 4 is 40.0 Å². The molecule has 0 unspecified atom stereocenters. The number of halogens is 1. The van der Waals surface area contributed by atoms with Crippen molar-refractivity contribution in [1.29, 1.82) is 0 Å². The van der Waals surface area contributed by atoms with Crippen LogP contribution in [0.3, 0.4) is 0 Å². The van der Waals surface area contributed by atoms with Crippen molar-refractivity contribution in [2.75, 3.05) is 33.4 Å². The average molecular weight is 496 g/mol. The van der Waals surface area contributed by atoms with Crippen molar-refractivity contribution in [3.63, 3.8) is 0 Å². The molecule has 9 heteroatoms. The van der Waals surface area contributed by atoms with Gasteiger partial charge in [-0.25, -0.2) is 13.6 Å². The second kappa shape index (κ2) is 11.7. The number of nitrogens with zero attached hydrogens (tertiary/aromatic N) is 1. The lowest BCUT2D eigenvalue weighted by atomic mass is 10.1. The Morgan fingerprint density at radius 2 is 1.88 bits per heavy atom. The van der Waals surface area contributed by atoms with Gasteiger partial charge in [-0.1, -0.05) is 12.1 Å². The van der Waals surface area contributed by atoms with Gasteiger partial charge in [0.15, 0.2) is 5.96 Å². The highest BCUT2D eigenvalue weighted by atomic mass is 127. The Kier molecular flexibility index (Phi) is 10.4. The molecule has 148 valence electrons. The predicted octanol–water partition coefficient (Wildman–Crippen LogP) is 1.48. The van der Waals surface area contributed by atoms with E-state index in [4.69, 9.17) is 9.88 Å². The monoisotopic (exact) mass is 496 g/mol. The Hall–Kier alpha value is -0.910. The highest BCUT2D eigenvalue weighted by Gasteiger charge is 2.20. The predicted molar refractivity (Wildman–Crippen MR) is 114 cm³/mol. The molecular weight excluding hydrogens is 467 g/mol. The maximum atomic E-state index is 11.2. The highest BCUT2D eigenvalue weighted by Crippen LogP contribution is 2.28. The summed E-state index contributed by atoms with van der Waals surface area (Å²) in [6, 6.07) is 6.60. The maximum absolute atomic E-state index is 11.2. The number of benzene rings is 1. The molecule has 7 nitrogen and oxygen atoms in total. The molecule has 2 rings (SSSR count). The maximum Gasteiger partial charge on any atom is 0.238 e. The third-order valence-electron chi connectivity index (χ3n) is 3.99. The number of nitrogens with two attached hydrogens (primary N) is 1. The van der Waals surface area contributed by atoms with Crippen molar-refractivity contribution in [2.45, 2.75) is 30.6 Å². The molecule has 0 aliphatic heterocycles. The molecule has 0 aromatic heterocycles. The van der Waals surface area contributed by atoms with Crippen molar-refractivity contribution in [3.05, 3.63) is 29.8 Å². The summed E-state index contributed by atoms with van der Waals surface area (Å²) in [6.07, 6.45) is 4.34. The summed E-state index contributed by atoms with van der Waals surface area (Å²) in [7, 11) is -1.90. The minimum absolute atomic E-state index is 0. The van der Waals surface area contributed by atoms with Gasteiger partial charge in [0.05, 0.1) is 4.90 Å². The molecule has 1 aromatic rings. The Balaban J connectivity index is 0.00000338. The largest absolute Gasteiger partial charge is 0.381 e. The summed E-state index contributed by atoms with van der Waals surface area (Å²) in [4.78, 5) is 4.31. The van der Waals surface area contributed by atoms with Crippen LogP contribution in [0.2, 0.25) is 0 Å². The topological polar surface area (TPSA) is 106 Å². The fraction of sp³-hybridized carbons (Fsp3) is 0.588. The van der Waals surface area contributed by atoms with E-state index in [1.807, 2.05) is 0 Å². The Labute approximate surface area is 173 Å². The smallest absolute Gasteiger partial charge is 0.238 e. The molecule has 26 heavy (non-hydrogen) atoms. The summed E-state index contributed by atoms with van der Waals surface area (Å²) in [5.74, 6) is 1.56. The third kappa shape index (κ3) is 9.15. The molecule has 1 fully saturated rings. The number of hydrogen-bond acceptors (Lipinski definition) is 4. The number of aliphatic imine (C=N–C) groups is 1. The zero-order chi connectivity index (χ0) is 18.1. The summed E-state index contributed by atoms with van der Waals surface area (Å²) in [5.41, 5.74) is 1.03. The zero-order valence-electron chi connectivity index (χ0n) is 15.1. The summed E-state index contributed by atoms with van der Waals surface area (Å²) >= 11 is 0. The van der Waals surface area contributed by atoms with E-state index in [1.54, 1.807) is 19.2 Å². The van der Waals surface area contributed by atoms with Gasteiger partial charge in [0, 0.05) is 33.4 Å². The molecular formula is C17H29IN4O3S. The SMILES string of the molecule is CN=C(NCCCOCC1CC1)NCCc1ccc(S(N)(=O)=O)cc1.I. The van der Waals surface area contributed by atoms with Crippen LogP contribution in [-0.2, 0) is 21.2 Å². The highest BCUT2D eigenvalue weighted by molar-refractivity contribution is 14.0. The number of primary sulfonamides is 1. The molecule has 0 saturated heterocycles. The molecule has 0 atom stereocenters. The summed E-state index contributed by atoms with van der Waals surface area (Å²) < 4.78 is 28.0. The first-order chi connectivity index (χ1) is 12.0. The van der Waals surface area contributed by atoms with Crippen LogP contribution in [0.5, 0.6) is 0 Å². The van der Waals surface area contributed by atoms with E-state index in [0.717, 1.165) is 50.0 Å². The lowest BCUT2D eigenvalue weighted by Gasteiger charge is -2.12. The van der Waals surface area contributed by atoms with Crippen LogP contribution >= 0.6 is 24.0 Å². The first kappa shape index (κ1) is 23.1. The molecule has 0 spiro atoms. The molecule has 0 radical (unpaired) electrons. The van der Waals surface area contributed by atoms with Crippen LogP contribution in [0.15, 0.2) is 34.2 Å². The number of guanidine groups is 1. The Bertz CT molecular complexity index is 661. The van der Waals surface area contributed by atoms with Crippen molar-refractivity contribution < 1.29 is 13.2 Å². The minimum Gasteiger partial charge on any atom is -0.381 e. The molecule has 0 amide bonds. The molecule has 1 saturated carbocycles. The van der Waals surface area contributed by atoms with Crippen LogP contribution in [0.1, 0.15) is 24.8 Å². The summed E-state index contributed by atoms with van der Waals surface area (Å²) in [6.45, 7) is 3.19. The van der Waals surface area contributed by atoms with Gasteiger partial charge in [0.1, 0.15) is 0 Å². The van der Waals surface area contributed by atoms with Gasteiger partial charge < -0.3 is 15.4 Å². The fourth-order valence-corrected chi connectivity index (χ4v) is 2.82. The quantitative estimate of drug-likeness (QED) is 0.197. The number of nitrogens with one attached hydrogen (secondary N) is 2. The van der Waals surface area contributed by atoms with Crippen LogP contribution in [0.25, 0.3) is 0 Å². The molecule has 4 N–H and O–H groups in total. The summed E-state index contributed by atoms with van der Waals surface area (Å²) in [5, 5.41) is 11.6. The van der Waals surface area contributed by atoms with Gasteiger partial charge in [-0.05, 0) is 49.3 Å². The molecule has 1 aliphatic carbocycles. The molecule has 0 heterocycles. The van der Waals surface area contributed by atoms with Gasteiger partial charge in [0.25, 0.3) is 0 Å². The molecule has 0 bridgehead atoms. The number of rotatable bonds is 10. The van der Waals surface area contributed by atoms with Crippen LogP contribution in [-0.4, -0.2) is 47.7 Å². The van der Waals surface area contributed by atoms with Gasteiger partial charge in [-0.15, -0.1) is 24.0 Å². The number of sulfonamides is 1. The van der Waals surface area contributed by atoms with Crippen molar-refractivity contribution in [2.24, 2.45) is 16.0 Å².